The Kier molecular flexibility index (Phi) is 5.55. The third-order valence-electron chi connectivity index (χ3n) is 2.50. The number of aryl methyl sites for hydroxylation is 1. The van der Waals surface area contributed by atoms with Crippen LogP contribution in [0.5, 0.6) is 0 Å². The van der Waals surface area contributed by atoms with Crippen molar-refractivity contribution in [1.82, 2.24) is 10.3 Å². The second-order valence-corrected chi connectivity index (χ2v) is 4.03. The lowest BCUT2D eigenvalue weighted by atomic mass is 10.1. The van der Waals surface area contributed by atoms with Crippen molar-refractivity contribution < 1.29 is 17.9 Å². The van der Waals surface area contributed by atoms with Gasteiger partial charge in [-0.05, 0) is 32.0 Å². The maximum Gasteiger partial charge on any atom is 0.411 e. The summed E-state index contributed by atoms with van der Waals surface area (Å²) in [7, 11) is 1.76. The van der Waals surface area contributed by atoms with Crippen LogP contribution < -0.4 is 5.32 Å². The summed E-state index contributed by atoms with van der Waals surface area (Å²) in [4.78, 5) is 4.15. The highest BCUT2D eigenvalue weighted by molar-refractivity contribution is 5.17. The van der Waals surface area contributed by atoms with Gasteiger partial charge in [0.25, 0.3) is 0 Å². The molecule has 18 heavy (non-hydrogen) atoms. The van der Waals surface area contributed by atoms with Crippen molar-refractivity contribution in [2.75, 3.05) is 20.3 Å². The maximum absolute atomic E-state index is 11.9. The lowest BCUT2D eigenvalue weighted by molar-refractivity contribution is -0.174. The lowest BCUT2D eigenvalue weighted by Gasteiger charge is -2.16. The number of halogens is 3. The molecule has 0 aromatic carbocycles. The van der Waals surface area contributed by atoms with Crippen LogP contribution in [0.4, 0.5) is 13.2 Å². The van der Waals surface area contributed by atoms with E-state index in [4.69, 9.17) is 0 Å². The summed E-state index contributed by atoms with van der Waals surface area (Å²) in [6.45, 7) is 0.735. The van der Waals surface area contributed by atoms with E-state index in [1.54, 1.807) is 13.2 Å². The molecular weight excluding hydrogens is 245 g/mol. The molecule has 0 amide bonds. The molecule has 0 saturated carbocycles. The van der Waals surface area contributed by atoms with Gasteiger partial charge in [-0.3, -0.25) is 4.98 Å². The molecule has 1 heterocycles. The summed E-state index contributed by atoms with van der Waals surface area (Å²) < 4.78 is 40.2. The molecule has 0 aliphatic carbocycles. The molecule has 1 aromatic heterocycles. The number of ether oxygens (including phenoxy) is 1. The van der Waals surface area contributed by atoms with E-state index in [0.717, 1.165) is 11.3 Å². The Morgan fingerprint density at radius 1 is 1.39 bits per heavy atom. The van der Waals surface area contributed by atoms with Crippen LogP contribution in [-0.2, 0) is 4.74 Å². The molecule has 0 radical (unpaired) electrons. The zero-order chi connectivity index (χ0) is 13.6. The van der Waals surface area contributed by atoms with Crippen LogP contribution in [0.25, 0.3) is 0 Å². The molecular formula is C12H17F3N2O. The second kappa shape index (κ2) is 6.70. The molecule has 1 unspecified atom stereocenters. The van der Waals surface area contributed by atoms with Gasteiger partial charge in [0.1, 0.15) is 6.61 Å². The average molecular weight is 262 g/mol. The Balaban J connectivity index is 2.40. The van der Waals surface area contributed by atoms with Gasteiger partial charge < -0.3 is 10.1 Å². The van der Waals surface area contributed by atoms with Gasteiger partial charge in [-0.15, -0.1) is 0 Å². The Hall–Kier alpha value is -1.14. The van der Waals surface area contributed by atoms with Crippen LogP contribution in [0.15, 0.2) is 18.3 Å². The SMILES string of the molecule is CNC(CCOCC(F)(F)F)c1ccc(C)nc1. The highest BCUT2D eigenvalue weighted by Gasteiger charge is 2.27. The Labute approximate surface area is 104 Å². The summed E-state index contributed by atoms with van der Waals surface area (Å²) in [5.74, 6) is 0. The fourth-order valence-electron chi connectivity index (χ4n) is 1.55. The highest BCUT2D eigenvalue weighted by atomic mass is 19.4. The summed E-state index contributed by atoms with van der Waals surface area (Å²) in [5.41, 5.74) is 1.85. The first-order chi connectivity index (χ1) is 8.42. The zero-order valence-electron chi connectivity index (χ0n) is 10.4. The molecule has 6 heteroatoms. The van der Waals surface area contributed by atoms with Crippen molar-refractivity contribution in [2.45, 2.75) is 25.6 Å². The minimum Gasteiger partial charge on any atom is -0.372 e. The van der Waals surface area contributed by atoms with Crippen molar-refractivity contribution in [3.8, 4) is 0 Å². The molecule has 0 aliphatic heterocycles. The summed E-state index contributed by atoms with van der Waals surface area (Å²) in [5, 5.41) is 3.03. The first-order valence-electron chi connectivity index (χ1n) is 5.66. The standard InChI is InChI=1S/C12H17F3N2O/c1-9-3-4-10(7-17-9)11(16-2)5-6-18-8-12(13,14)15/h3-4,7,11,16H,5-6,8H2,1-2H3. The van der Waals surface area contributed by atoms with E-state index in [9.17, 15) is 13.2 Å². The molecule has 1 atom stereocenters. The van der Waals surface area contributed by atoms with Gasteiger partial charge in [0.2, 0.25) is 0 Å². The van der Waals surface area contributed by atoms with Crippen LogP contribution in [-0.4, -0.2) is 31.4 Å². The van der Waals surface area contributed by atoms with E-state index in [-0.39, 0.29) is 12.6 Å². The minimum atomic E-state index is -4.26. The van der Waals surface area contributed by atoms with Crippen molar-refractivity contribution in [1.29, 1.82) is 0 Å². The van der Waals surface area contributed by atoms with Crippen molar-refractivity contribution >= 4 is 0 Å². The number of nitrogens with zero attached hydrogens (tertiary/aromatic N) is 1. The Bertz CT molecular complexity index is 351. The number of hydrogen-bond acceptors (Lipinski definition) is 3. The Morgan fingerprint density at radius 2 is 2.11 bits per heavy atom. The predicted octanol–water partition coefficient (Wildman–Crippen LogP) is 2.62. The first-order valence-corrected chi connectivity index (χ1v) is 5.66. The second-order valence-electron chi connectivity index (χ2n) is 4.03. The van der Waals surface area contributed by atoms with Crippen LogP contribution in [0, 0.1) is 6.92 Å². The van der Waals surface area contributed by atoms with E-state index in [1.807, 2.05) is 19.1 Å². The van der Waals surface area contributed by atoms with Crippen molar-refractivity contribution in [3.05, 3.63) is 29.6 Å². The number of hydrogen-bond donors (Lipinski definition) is 1. The van der Waals surface area contributed by atoms with Gasteiger partial charge in [-0.1, -0.05) is 6.07 Å². The van der Waals surface area contributed by atoms with Crippen molar-refractivity contribution in [3.63, 3.8) is 0 Å². The Morgan fingerprint density at radius 3 is 2.61 bits per heavy atom. The molecule has 0 spiro atoms. The zero-order valence-corrected chi connectivity index (χ0v) is 10.4. The topological polar surface area (TPSA) is 34.1 Å². The summed E-state index contributed by atoms with van der Waals surface area (Å²) in [6, 6.07) is 3.73. The molecule has 1 N–H and O–H groups in total. The fraction of sp³-hybridized carbons (Fsp3) is 0.583. The number of pyridine rings is 1. The number of nitrogens with one attached hydrogen (secondary N) is 1. The molecule has 0 aliphatic rings. The van der Waals surface area contributed by atoms with Gasteiger partial charge in [-0.2, -0.15) is 13.2 Å². The maximum atomic E-state index is 11.9. The van der Waals surface area contributed by atoms with Crippen LogP contribution in [0.2, 0.25) is 0 Å². The number of alkyl halides is 3. The van der Waals surface area contributed by atoms with E-state index < -0.39 is 12.8 Å². The number of rotatable bonds is 6. The third-order valence-corrected chi connectivity index (χ3v) is 2.50. The normalized spacial score (nSPS) is 13.6. The van der Waals surface area contributed by atoms with Gasteiger partial charge in [0.05, 0.1) is 0 Å². The fourth-order valence-corrected chi connectivity index (χ4v) is 1.55. The van der Waals surface area contributed by atoms with E-state index in [2.05, 4.69) is 15.0 Å². The van der Waals surface area contributed by atoms with Gasteiger partial charge >= 0.3 is 6.18 Å². The third kappa shape index (κ3) is 5.46. The molecule has 0 saturated heterocycles. The van der Waals surface area contributed by atoms with E-state index in [1.165, 1.54) is 0 Å². The quantitative estimate of drug-likeness (QED) is 0.800. The van der Waals surface area contributed by atoms with Gasteiger partial charge in [-0.25, -0.2) is 0 Å². The van der Waals surface area contributed by atoms with Crippen LogP contribution in [0.3, 0.4) is 0 Å². The van der Waals surface area contributed by atoms with Crippen molar-refractivity contribution in [2.24, 2.45) is 0 Å². The monoisotopic (exact) mass is 262 g/mol. The van der Waals surface area contributed by atoms with Gasteiger partial charge in [0, 0.05) is 24.5 Å². The van der Waals surface area contributed by atoms with Crippen LogP contribution in [0.1, 0.15) is 23.7 Å². The molecule has 3 nitrogen and oxygen atoms in total. The molecule has 0 bridgehead atoms. The van der Waals surface area contributed by atoms with E-state index >= 15 is 0 Å². The first kappa shape index (κ1) is 14.9. The lowest BCUT2D eigenvalue weighted by Crippen LogP contribution is -2.21. The molecule has 102 valence electrons. The molecule has 1 rings (SSSR count). The molecule has 1 aromatic rings. The summed E-state index contributed by atoms with van der Waals surface area (Å²) >= 11 is 0. The highest BCUT2D eigenvalue weighted by Crippen LogP contribution is 2.18. The smallest absolute Gasteiger partial charge is 0.372 e. The molecule has 0 fully saturated rings. The summed E-state index contributed by atoms with van der Waals surface area (Å²) in [6.07, 6.45) is -2.07. The van der Waals surface area contributed by atoms with E-state index in [0.29, 0.717) is 6.42 Å². The van der Waals surface area contributed by atoms with Crippen LogP contribution >= 0.6 is 0 Å². The average Bonchev–Trinajstić information content (AvgIpc) is 2.29. The predicted molar refractivity (Wildman–Crippen MR) is 62.3 cm³/mol. The minimum absolute atomic E-state index is 0.0497. The number of aromatic nitrogens is 1. The van der Waals surface area contributed by atoms with Gasteiger partial charge in [0.15, 0.2) is 0 Å². The largest absolute Gasteiger partial charge is 0.411 e.